The summed E-state index contributed by atoms with van der Waals surface area (Å²) in [6, 6.07) is 12.7. The SMILES string of the molecule is Cc1cc(C(=O)N2CCCCC2C)ccc1NC(=O)CN1C(=O)COc2ccccc21. The summed E-state index contributed by atoms with van der Waals surface area (Å²) in [5, 5.41) is 2.86. The van der Waals surface area contributed by atoms with Crippen molar-refractivity contribution in [1.82, 2.24) is 4.90 Å². The fourth-order valence-corrected chi connectivity index (χ4v) is 4.16. The third kappa shape index (κ3) is 4.40. The molecular formula is C24H27N3O4. The lowest BCUT2D eigenvalue weighted by atomic mass is 10.0. The highest BCUT2D eigenvalue weighted by atomic mass is 16.5. The van der Waals surface area contributed by atoms with Crippen LogP contribution in [0.25, 0.3) is 0 Å². The van der Waals surface area contributed by atoms with Crippen molar-refractivity contribution >= 4 is 29.1 Å². The van der Waals surface area contributed by atoms with E-state index in [1.807, 2.05) is 24.0 Å². The van der Waals surface area contributed by atoms with Gasteiger partial charge in [0.15, 0.2) is 6.61 Å². The number of carbonyl (C=O) groups is 3. The van der Waals surface area contributed by atoms with Crippen molar-refractivity contribution in [2.75, 3.05) is 29.9 Å². The van der Waals surface area contributed by atoms with Gasteiger partial charge in [-0.05, 0) is 69.0 Å². The minimum atomic E-state index is -0.308. The average Bonchev–Trinajstić information content (AvgIpc) is 2.77. The van der Waals surface area contributed by atoms with Gasteiger partial charge in [0.2, 0.25) is 5.91 Å². The maximum Gasteiger partial charge on any atom is 0.265 e. The van der Waals surface area contributed by atoms with Gasteiger partial charge < -0.3 is 15.0 Å². The van der Waals surface area contributed by atoms with Gasteiger partial charge in [-0.2, -0.15) is 0 Å². The average molecular weight is 421 g/mol. The van der Waals surface area contributed by atoms with Gasteiger partial charge >= 0.3 is 0 Å². The number of anilines is 2. The number of benzene rings is 2. The Bertz CT molecular complexity index is 1020. The summed E-state index contributed by atoms with van der Waals surface area (Å²) in [6.45, 7) is 4.54. The van der Waals surface area contributed by atoms with E-state index in [0.717, 1.165) is 31.4 Å². The number of rotatable bonds is 4. The molecule has 7 heteroatoms. The van der Waals surface area contributed by atoms with Gasteiger partial charge in [-0.1, -0.05) is 12.1 Å². The fourth-order valence-electron chi connectivity index (χ4n) is 4.16. The van der Waals surface area contributed by atoms with Crippen molar-refractivity contribution in [3.63, 3.8) is 0 Å². The Morgan fingerprint density at radius 2 is 1.97 bits per heavy atom. The second-order valence-corrected chi connectivity index (χ2v) is 8.16. The first kappa shape index (κ1) is 20.9. The van der Waals surface area contributed by atoms with Crippen LogP contribution in [0.1, 0.15) is 42.1 Å². The van der Waals surface area contributed by atoms with Crippen molar-refractivity contribution in [3.05, 3.63) is 53.6 Å². The molecule has 3 amide bonds. The predicted molar refractivity (Wildman–Crippen MR) is 118 cm³/mol. The van der Waals surface area contributed by atoms with Gasteiger partial charge in [-0.3, -0.25) is 19.3 Å². The number of aryl methyl sites for hydroxylation is 1. The second kappa shape index (κ2) is 8.79. The van der Waals surface area contributed by atoms with Crippen LogP contribution < -0.4 is 15.0 Å². The zero-order valence-electron chi connectivity index (χ0n) is 17.9. The summed E-state index contributed by atoms with van der Waals surface area (Å²) >= 11 is 0. The van der Waals surface area contributed by atoms with Crippen LogP contribution in [0.5, 0.6) is 5.75 Å². The van der Waals surface area contributed by atoms with Crippen LogP contribution >= 0.6 is 0 Å². The molecule has 0 radical (unpaired) electrons. The molecule has 2 heterocycles. The molecule has 1 fully saturated rings. The van der Waals surface area contributed by atoms with Crippen molar-refractivity contribution in [2.24, 2.45) is 0 Å². The molecule has 0 aromatic heterocycles. The number of fused-ring (bicyclic) bond motifs is 1. The minimum absolute atomic E-state index is 0.0312. The summed E-state index contributed by atoms with van der Waals surface area (Å²) in [5.41, 5.74) is 2.64. The summed E-state index contributed by atoms with van der Waals surface area (Å²) in [5.74, 6) is 0.0450. The molecule has 0 saturated carbocycles. The monoisotopic (exact) mass is 421 g/mol. The lowest BCUT2D eigenvalue weighted by molar-refractivity contribution is -0.123. The number of hydrogen-bond donors (Lipinski definition) is 1. The van der Waals surface area contributed by atoms with Crippen LogP contribution in [0.2, 0.25) is 0 Å². The lowest BCUT2D eigenvalue weighted by Gasteiger charge is -2.33. The van der Waals surface area contributed by atoms with Crippen LogP contribution in [-0.2, 0) is 9.59 Å². The molecule has 2 aliphatic heterocycles. The molecule has 2 aliphatic rings. The van der Waals surface area contributed by atoms with E-state index in [-0.39, 0.29) is 36.9 Å². The number of carbonyl (C=O) groups excluding carboxylic acids is 3. The lowest BCUT2D eigenvalue weighted by Crippen LogP contribution is -2.43. The number of nitrogens with one attached hydrogen (secondary N) is 1. The minimum Gasteiger partial charge on any atom is -0.482 e. The van der Waals surface area contributed by atoms with Crippen LogP contribution in [0.15, 0.2) is 42.5 Å². The van der Waals surface area contributed by atoms with E-state index in [1.165, 1.54) is 4.90 Å². The topological polar surface area (TPSA) is 79.0 Å². The Hall–Kier alpha value is -3.35. The Kier molecular flexibility index (Phi) is 5.93. The molecule has 0 aliphatic carbocycles. The highest BCUT2D eigenvalue weighted by Crippen LogP contribution is 2.31. The molecule has 0 spiro atoms. The number of likely N-dealkylation sites (tertiary alicyclic amines) is 1. The standard InChI is InChI=1S/C24H27N3O4/c1-16-13-18(24(30)26-12-6-5-7-17(26)2)10-11-19(16)25-22(28)14-27-20-8-3-4-9-21(20)31-15-23(27)29/h3-4,8-11,13,17H,5-7,12,14-15H2,1-2H3,(H,25,28). The molecule has 1 N–H and O–H groups in total. The first-order chi connectivity index (χ1) is 14.9. The van der Waals surface area contributed by atoms with E-state index in [1.54, 1.807) is 30.3 Å². The number of nitrogens with zero attached hydrogens (tertiary/aromatic N) is 2. The highest BCUT2D eigenvalue weighted by molar-refractivity contribution is 6.05. The molecule has 31 heavy (non-hydrogen) atoms. The van der Waals surface area contributed by atoms with Gasteiger partial charge in [0.25, 0.3) is 11.8 Å². The second-order valence-electron chi connectivity index (χ2n) is 8.16. The molecule has 1 saturated heterocycles. The van der Waals surface area contributed by atoms with E-state index in [9.17, 15) is 14.4 Å². The van der Waals surface area contributed by atoms with Crippen molar-refractivity contribution < 1.29 is 19.1 Å². The summed E-state index contributed by atoms with van der Waals surface area (Å²) < 4.78 is 5.42. The Morgan fingerprint density at radius 1 is 1.16 bits per heavy atom. The largest absolute Gasteiger partial charge is 0.482 e. The summed E-state index contributed by atoms with van der Waals surface area (Å²) in [7, 11) is 0. The molecule has 7 nitrogen and oxygen atoms in total. The number of piperidine rings is 1. The summed E-state index contributed by atoms with van der Waals surface area (Å²) in [6.07, 6.45) is 3.22. The number of hydrogen-bond acceptors (Lipinski definition) is 4. The predicted octanol–water partition coefficient (Wildman–Crippen LogP) is 3.37. The van der Waals surface area contributed by atoms with Crippen molar-refractivity contribution in [3.8, 4) is 5.75 Å². The van der Waals surface area contributed by atoms with Crippen molar-refractivity contribution in [1.29, 1.82) is 0 Å². The Labute approximate surface area is 182 Å². The van der Waals surface area contributed by atoms with Gasteiger partial charge in [-0.25, -0.2) is 0 Å². The van der Waals surface area contributed by atoms with E-state index >= 15 is 0 Å². The normalized spacial score (nSPS) is 18.3. The Balaban J connectivity index is 1.44. The molecule has 1 atom stereocenters. The Morgan fingerprint density at radius 3 is 2.74 bits per heavy atom. The number of ether oxygens (including phenoxy) is 1. The first-order valence-electron chi connectivity index (χ1n) is 10.7. The third-order valence-electron chi connectivity index (χ3n) is 5.92. The summed E-state index contributed by atoms with van der Waals surface area (Å²) in [4.78, 5) is 41.2. The maximum absolute atomic E-state index is 12.9. The van der Waals surface area contributed by atoms with Gasteiger partial charge in [0.1, 0.15) is 12.3 Å². The highest BCUT2D eigenvalue weighted by Gasteiger charge is 2.27. The zero-order valence-corrected chi connectivity index (χ0v) is 17.9. The van der Waals surface area contributed by atoms with Gasteiger partial charge in [-0.15, -0.1) is 0 Å². The first-order valence-corrected chi connectivity index (χ1v) is 10.7. The number of para-hydroxylation sites is 2. The maximum atomic E-state index is 12.9. The van der Waals surface area contributed by atoms with Crippen LogP contribution in [0, 0.1) is 6.92 Å². The van der Waals surface area contributed by atoms with Crippen LogP contribution in [0.4, 0.5) is 11.4 Å². The van der Waals surface area contributed by atoms with Crippen molar-refractivity contribution in [2.45, 2.75) is 39.2 Å². The third-order valence-corrected chi connectivity index (χ3v) is 5.92. The van der Waals surface area contributed by atoms with Gasteiger partial charge in [0.05, 0.1) is 5.69 Å². The van der Waals surface area contributed by atoms with Crippen LogP contribution in [-0.4, -0.2) is 48.4 Å². The van der Waals surface area contributed by atoms with E-state index < -0.39 is 0 Å². The van der Waals surface area contributed by atoms with E-state index in [0.29, 0.717) is 22.7 Å². The molecule has 2 aromatic carbocycles. The fraction of sp³-hybridized carbons (Fsp3) is 0.375. The molecule has 1 unspecified atom stereocenters. The number of amides is 3. The molecular weight excluding hydrogens is 394 g/mol. The van der Waals surface area contributed by atoms with Gasteiger partial charge in [0, 0.05) is 23.8 Å². The zero-order chi connectivity index (χ0) is 22.0. The van der Waals surface area contributed by atoms with E-state index in [4.69, 9.17) is 4.74 Å². The molecule has 4 rings (SSSR count). The molecule has 0 bridgehead atoms. The molecule has 162 valence electrons. The van der Waals surface area contributed by atoms with E-state index in [2.05, 4.69) is 12.2 Å². The quantitative estimate of drug-likeness (QED) is 0.821. The van der Waals surface area contributed by atoms with Crippen LogP contribution in [0.3, 0.4) is 0 Å². The smallest absolute Gasteiger partial charge is 0.265 e. The molecule has 2 aromatic rings.